The van der Waals surface area contributed by atoms with E-state index in [1.54, 1.807) is 0 Å². The number of piperazine rings is 1. The molecule has 1 aromatic rings. The van der Waals surface area contributed by atoms with Crippen molar-refractivity contribution in [2.24, 2.45) is 5.92 Å². The number of hydrogen-bond acceptors (Lipinski definition) is 2. The van der Waals surface area contributed by atoms with Crippen LogP contribution in [0.2, 0.25) is 0 Å². The monoisotopic (exact) mass is 286 g/mol. The molecule has 0 radical (unpaired) electrons. The van der Waals surface area contributed by atoms with Crippen LogP contribution in [0.3, 0.4) is 0 Å². The fourth-order valence-corrected chi connectivity index (χ4v) is 3.67. The number of hydrogen-bond donors (Lipinski definition) is 1. The molecule has 3 nitrogen and oxygen atoms in total. The highest BCUT2D eigenvalue weighted by Crippen LogP contribution is 2.25. The number of benzene rings is 1. The lowest BCUT2D eigenvalue weighted by Gasteiger charge is -2.36. The Morgan fingerprint density at radius 3 is 2.67 bits per heavy atom. The van der Waals surface area contributed by atoms with E-state index in [1.165, 1.54) is 24.8 Å². The molecule has 1 heterocycles. The van der Waals surface area contributed by atoms with Crippen LogP contribution in [0.15, 0.2) is 30.3 Å². The lowest BCUT2D eigenvalue weighted by molar-refractivity contribution is -0.137. The zero-order valence-electron chi connectivity index (χ0n) is 12.8. The number of rotatable bonds is 3. The van der Waals surface area contributed by atoms with Crippen LogP contribution in [0, 0.1) is 5.92 Å². The highest BCUT2D eigenvalue weighted by molar-refractivity contribution is 5.79. The van der Waals surface area contributed by atoms with Crippen LogP contribution in [0.4, 0.5) is 0 Å². The van der Waals surface area contributed by atoms with Crippen molar-refractivity contribution < 1.29 is 4.79 Å². The second kappa shape index (κ2) is 7.08. The van der Waals surface area contributed by atoms with E-state index in [0.717, 1.165) is 38.9 Å². The molecule has 2 fully saturated rings. The number of carbonyl (C=O) groups is 1. The number of carbonyl (C=O) groups excluding carboxylic acids is 1. The molecule has 1 saturated heterocycles. The molecule has 0 aromatic heterocycles. The third-order valence-corrected chi connectivity index (χ3v) is 4.85. The van der Waals surface area contributed by atoms with Gasteiger partial charge in [0.2, 0.25) is 5.91 Å². The summed E-state index contributed by atoms with van der Waals surface area (Å²) < 4.78 is 0. The average molecular weight is 286 g/mol. The fraction of sp³-hybridized carbons (Fsp3) is 0.611. The summed E-state index contributed by atoms with van der Waals surface area (Å²) in [5.41, 5.74) is 1.35. The van der Waals surface area contributed by atoms with Gasteiger partial charge < -0.3 is 10.2 Å². The van der Waals surface area contributed by atoms with E-state index in [9.17, 15) is 4.79 Å². The summed E-state index contributed by atoms with van der Waals surface area (Å²) in [5, 5.41) is 3.56. The van der Waals surface area contributed by atoms with Crippen LogP contribution in [0.1, 0.15) is 37.7 Å². The SMILES string of the molecule is O=C(C1CCCCC1)N1CCNC(Cc2ccccc2)C1. The van der Waals surface area contributed by atoms with Crippen molar-refractivity contribution in [2.75, 3.05) is 19.6 Å². The van der Waals surface area contributed by atoms with Crippen LogP contribution in [-0.4, -0.2) is 36.5 Å². The van der Waals surface area contributed by atoms with Gasteiger partial charge in [-0.2, -0.15) is 0 Å². The Morgan fingerprint density at radius 1 is 1.14 bits per heavy atom. The normalized spacial score (nSPS) is 24.0. The lowest BCUT2D eigenvalue weighted by atomic mass is 9.88. The zero-order valence-corrected chi connectivity index (χ0v) is 12.8. The van der Waals surface area contributed by atoms with Gasteiger partial charge in [0.05, 0.1) is 0 Å². The third-order valence-electron chi connectivity index (χ3n) is 4.85. The minimum atomic E-state index is 0.300. The Labute approximate surface area is 127 Å². The number of amides is 1. The quantitative estimate of drug-likeness (QED) is 0.926. The highest BCUT2D eigenvalue weighted by atomic mass is 16.2. The first-order valence-electron chi connectivity index (χ1n) is 8.39. The maximum atomic E-state index is 12.6. The standard InChI is InChI=1S/C18H26N2O/c21-18(16-9-5-2-6-10-16)20-12-11-19-17(14-20)13-15-7-3-1-4-8-15/h1,3-4,7-8,16-17,19H,2,5-6,9-14H2. The molecule has 0 bridgehead atoms. The average Bonchev–Trinajstić information content (AvgIpc) is 2.56. The molecule has 1 aromatic carbocycles. The van der Waals surface area contributed by atoms with Crippen LogP contribution in [0.5, 0.6) is 0 Å². The van der Waals surface area contributed by atoms with Gasteiger partial charge in [0.15, 0.2) is 0 Å². The van der Waals surface area contributed by atoms with Crippen molar-refractivity contribution >= 4 is 5.91 Å². The topological polar surface area (TPSA) is 32.3 Å². The van der Waals surface area contributed by atoms with E-state index in [1.807, 2.05) is 0 Å². The Balaban J connectivity index is 1.56. The third kappa shape index (κ3) is 3.85. The fourth-order valence-electron chi connectivity index (χ4n) is 3.67. The molecule has 1 saturated carbocycles. The van der Waals surface area contributed by atoms with Gasteiger partial charge in [-0.25, -0.2) is 0 Å². The van der Waals surface area contributed by atoms with Crippen LogP contribution < -0.4 is 5.32 Å². The van der Waals surface area contributed by atoms with E-state index in [0.29, 0.717) is 17.9 Å². The van der Waals surface area contributed by atoms with Crippen molar-refractivity contribution in [2.45, 2.75) is 44.6 Å². The predicted octanol–water partition coefficient (Wildman–Crippen LogP) is 2.61. The van der Waals surface area contributed by atoms with Crippen LogP contribution >= 0.6 is 0 Å². The summed E-state index contributed by atoms with van der Waals surface area (Å²) in [6, 6.07) is 11.0. The van der Waals surface area contributed by atoms with E-state index < -0.39 is 0 Å². The van der Waals surface area contributed by atoms with Gasteiger partial charge in [0.1, 0.15) is 0 Å². The first kappa shape index (κ1) is 14.6. The van der Waals surface area contributed by atoms with E-state index in [-0.39, 0.29) is 0 Å². The summed E-state index contributed by atoms with van der Waals surface area (Å²) in [6.45, 7) is 2.67. The van der Waals surface area contributed by atoms with Crippen molar-refractivity contribution in [1.82, 2.24) is 10.2 Å². The molecule has 1 N–H and O–H groups in total. The maximum absolute atomic E-state index is 12.6. The Morgan fingerprint density at radius 2 is 1.90 bits per heavy atom. The summed E-state index contributed by atoms with van der Waals surface area (Å²) in [6.07, 6.45) is 6.99. The van der Waals surface area contributed by atoms with E-state index in [2.05, 4.69) is 40.5 Å². The number of nitrogens with one attached hydrogen (secondary N) is 1. The molecular weight excluding hydrogens is 260 g/mol. The minimum Gasteiger partial charge on any atom is -0.340 e. The molecule has 3 heteroatoms. The Hall–Kier alpha value is -1.35. The van der Waals surface area contributed by atoms with E-state index >= 15 is 0 Å². The molecule has 3 rings (SSSR count). The summed E-state index contributed by atoms with van der Waals surface area (Å²) in [7, 11) is 0. The van der Waals surface area contributed by atoms with Crippen molar-refractivity contribution in [3.63, 3.8) is 0 Å². The molecule has 1 aliphatic heterocycles. The highest BCUT2D eigenvalue weighted by Gasteiger charge is 2.29. The molecule has 114 valence electrons. The van der Waals surface area contributed by atoms with Crippen molar-refractivity contribution in [1.29, 1.82) is 0 Å². The first-order valence-corrected chi connectivity index (χ1v) is 8.39. The second-order valence-electron chi connectivity index (χ2n) is 6.46. The van der Waals surface area contributed by atoms with Crippen molar-refractivity contribution in [3.8, 4) is 0 Å². The van der Waals surface area contributed by atoms with Crippen LogP contribution in [-0.2, 0) is 11.2 Å². The molecule has 1 aliphatic carbocycles. The van der Waals surface area contributed by atoms with Gasteiger partial charge in [0.25, 0.3) is 0 Å². The maximum Gasteiger partial charge on any atom is 0.225 e. The Bertz CT molecular complexity index is 454. The first-order chi connectivity index (χ1) is 10.3. The lowest BCUT2D eigenvalue weighted by Crippen LogP contribution is -2.54. The number of nitrogens with zero attached hydrogens (tertiary/aromatic N) is 1. The molecule has 1 amide bonds. The second-order valence-corrected chi connectivity index (χ2v) is 6.46. The van der Waals surface area contributed by atoms with Gasteiger partial charge in [-0.05, 0) is 24.8 Å². The van der Waals surface area contributed by atoms with Gasteiger partial charge >= 0.3 is 0 Å². The molecule has 0 spiro atoms. The van der Waals surface area contributed by atoms with Gasteiger partial charge in [-0.15, -0.1) is 0 Å². The summed E-state index contributed by atoms with van der Waals surface area (Å²) >= 11 is 0. The van der Waals surface area contributed by atoms with Crippen LogP contribution in [0.25, 0.3) is 0 Å². The van der Waals surface area contributed by atoms with E-state index in [4.69, 9.17) is 0 Å². The molecular formula is C18H26N2O. The molecule has 2 aliphatic rings. The van der Waals surface area contributed by atoms with Gasteiger partial charge in [-0.3, -0.25) is 4.79 Å². The van der Waals surface area contributed by atoms with Gasteiger partial charge in [-0.1, -0.05) is 49.6 Å². The summed E-state index contributed by atoms with van der Waals surface area (Å²) in [4.78, 5) is 14.8. The molecule has 1 atom stereocenters. The largest absolute Gasteiger partial charge is 0.340 e. The minimum absolute atomic E-state index is 0.300. The van der Waals surface area contributed by atoms with Gasteiger partial charge in [0, 0.05) is 31.6 Å². The predicted molar refractivity (Wildman–Crippen MR) is 85.1 cm³/mol. The Kier molecular flexibility index (Phi) is 4.91. The smallest absolute Gasteiger partial charge is 0.225 e. The summed E-state index contributed by atoms with van der Waals surface area (Å²) in [5.74, 6) is 0.712. The zero-order chi connectivity index (χ0) is 14.5. The molecule has 1 unspecified atom stereocenters. The molecule has 21 heavy (non-hydrogen) atoms. The van der Waals surface area contributed by atoms with Crippen molar-refractivity contribution in [3.05, 3.63) is 35.9 Å².